The number of hydrogen-bond donors (Lipinski definition) is 2. The van der Waals surface area contributed by atoms with Gasteiger partial charge in [0.1, 0.15) is 9.77 Å². The van der Waals surface area contributed by atoms with Crippen LogP contribution in [0.4, 0.5) is 5.69 Å². The van der Waals surface area contributed by atoms with E-state index in [1.807, 2.05) is 26.8 Å². The van der Waals surface area contributed by atoms with E-state index in [0.29, 0.717) is 24.4 Å². The number of amides is 1. The maximum Gasteiger partial charge on any atom is 0.348 e. The number of piperidine rings is 1. The fraction of sp³-hybridized carbons (Fsp3) is 0.615. The average molecular weight is 565 g/mol. The van der Waals surface area contributed by atoms with Gasteiger partial charge in [0.25, 0.3) is 0 Å². The van der Waals surface area contributed by atoms with E-state index in [0.717, 1.165) is 43.0 Å². The van der Waals surface area contributed by atoms with Gasteiger partial charge in [0.05, 0.1) is 11.9 Å². The van der Waals surface area contributed by atoms with Gasteiger partial charge in [-0.3, -0.25) is 4.79 Å². The third-order valence-corrected chi connectivity index (χ3v) is 11.0. The van der Waals surface area contributed by atoms with E-state index in [1.54, 1.807) is 4.90 Å². The first-order valence-corrected chi connectivity index (χ1v) is 15.3. The van der Waals surface area contributed by atoms with E-state index in [9.17, 15) is 27.9 Å². The minimum Gasteiger partial charge on any atom is -0.477 e. The van der Waals surface area contributed by atoms with Gasteiger partial charge < -0.3 is 15.0 Å². The molecule has 2 aromatic heterocycles. The van der Waals surface area contributed by atoms with E-state index in [-0.39, 0.29) is 46.1 Å². The van der Waals surface area contributed by atoms with Crippen LogP contribution in [0.5, 0.6) is 0 Å². The first-order chi connectivity index (χ1) is 17.8. The van der Waals surface area contributed by atoms with E-state index in [4.69, 9.17) is 0 Å². The van der Waals surface area contributed by atoms with Gasteiger partial charge in [-0.25, -0.2) is 23.0 Å². The van der Waals surface area contributed by atoms with Crippen molar-refractivity contribution >= 4 is 38.9 Å². The van der Waals surface area contributed by atoms with Gasteiger partial charge in [-0.1, -0.05) is 27.7 Å². The van der Waals surface area contributed by atoms with Crippen molar-refractivity contribution in [2.24, 2.45) is 11.8 Å². The molecule has 0 aromatic carbocycles. The maximum absolute atomic E-state index is 14.0. The lowest BCUT2D eigenvalue weighted by Crippen LogP contribution is -2.51. The Balaban J connectivity index is 1.65. The number of carboxylic acid groups (broad SMARTS) is 1. The van der Waals surface area contributed by atoms with Gasteiger partial charge in [0, 0.05) is 36.1 Å². The zero-order valence-electron chi connectivity index (χ0n) is 22.3. The molecular weight excluding hydrogens is 528 g/mol. The van der Waals surface area contributed by atoms with Crippen molar-refractivity contribution in [2.45, 2.75) is 82.6 Å². The quantitative estimate of drug-likeness (QED) is 0.543. The third-order valence-electron chi connectivity index (χ3n) is 7.58. The van der Waals surface area contributed by atoms with E-state index < -0.39 is 21.7 Å². The Labute approximate surface area is 227 Å². The number of anilines is 1. The highest BCUT2D eigenvalue weighted by molar-refractivity contribution is 7.89. The van der Waals surface area contributed by atoms with Gasteiger partial charge in [-0.05, 0) is 55.9 Å². The van der Waals surface area contributed by atoms with Crippen molar-refractivity contribution in [2.75, 3.05) is 18.0 Å². The molecule has 0 atom stereocenters. The number of carbonyl (C=O) groups is 2. The number of sulfonamides is 1. The molecule has 10 nitrogen and oxygen atoms in total. The first-order valence-electron chi connectivity index (χ1n) is 13.0. The summed E-state index contributed by atoms with van der Waals surface area (Å²) in [6.45, 7) is 8.55. The highest BCUT2D eigenvalue weighted by Crippen LogP contribution is 2.41. The van der Waals surface area contributed by atoms with Crippen LogP contribution >= 0.6 is 11.3 Å². The van der Waals surface area contributed by atoms with Crippen LogP contribution in [0.1, 0.15) is 80.8 Å². The summed E-state index contributed by atoms with van der Waals surface area (Å²) in [5.41, 5.74) is -0.500. The second kappa shape index (κ2) is 10.9. The summed E-state index contributed by atoms with van der Waals surface area (Å²) in [6.07, 6.45) is 6.35. The first kappa shape index (κ1) is 28.4. The minimum atomic E-state index is -3.87. The number of aromatic carboxylic acids is 1. The number of aromatic amines is 1. The molecule has 1 aliphatic heterocycles. The molecule has 0 unspecified atom stereocenters. The lowest BCUT2D eigenvalue weighted by molar-refractivity contribution is -0.124. The average Bonchev–Trinajstić information content (AvgIpc) is 3.31. The molecule has 0 spiro atoms. The predicted molar refractivity (Wildman–Crippen MR) is 145 cm³/mol. The smallest absolute Gasteiger partial charge is 0.348 e. The van der Waals surface area contributed by atoms with Gasteiger partial charge >= 0.3 is 11.7 Å². The molecule has 1 aliphatic carbocycles. The molecule has 3 heterocycles. The van der Waals surface area contributed by atoms with E-state index in [1.165, 1.54) is 15.6 Å². The number of nitrogens with one attached hydrogen (secondary N) is 1. The maximum atomic E-state index is 14.0. The Bertz CT molecular complexity index is 1320. The highest BCUT2D eigenvalue weighted by Gasteiger charge is 2.39. The SMILES string of the molecule is CC(C)(C)c1cc(N(C(=O)[C@H]2CC[C@H](C)CC2)C2CCN(S(=O)(=O)c3cnc(=O)[nH]c3)CC2)c(C(=O)O)s1. The number of rotatable bonds is 6. The summed E-state index contributed by atoms with van der Waals surface area (Å²) < 4.78 is 27.6. The van der Waals surface area contributed by atoms with Crippen molar-refractivity contribution in [3.8, 4) is 0 Å². The summed E-state index contributed by atoms with van der Waals surface area (Å²) in [6, 6.07) is 1.51. The van der Waals surface area contributed by atoms with Crippen LogP contribution in [0.25, 0.3) is 0 Å². The standard InChI is InChI=1S/C26H36N4O6S2/c1-16-5-7-17(8-6-16)23(31)30(20-13-21(26(2,3)4)37-22(20)24(32)33)18-9-11-29(12-10-18)38(35,36)19-14-27-25(34)28-15-19/h13-18H,5-12H2,1-4H3,(H,32,33)(H,27,28,34)/t16-,17-. The van der Waals surface area contributed by atoms with Gasteiger partial charge in [0.2, 0.25) is 15.9 Å². The number of hydrogen-bond acceptors (Lipinski definition) is 7. The molecule has 38 heavy (non-hydrogen) atoms. The molecule has 2 fully saturated rings. The molecule has 208 valence electrons. The van der Waals surface area contributed by atoms with Crippen molar-refractivity contribution in [3.63, 3.8) is 0 Å². The Morgan fingerprint density at radius 3 is 2.29 bits per heavy atom. The normalized spacial score (nSPS) is 21.8. The summed E-state index contributed by atoms with van der Waals surface area (Å²) in [5, 5.41) is 10.1. The predicted octanol–water partition coefficient (Wildman–Crippen LogP) is 3.84. The van der Waals surface area contributed by atoms with Crippen LogP contribution in [-0.4, -0.2) is 58.8 Å². The van der Waals surface area contributed by atoms with E-state index in [2.05, 4.69) is 16.9 Å². The Kier molecular flexibility index (Phi) is 8.15. The zero-order valence-corrected chi connectivity index (χ0v) is 23.9. The molecule has 12 heteroatoms. The Hall–Kier alpha value is -2.57. The second-order valence-corrected chi connectivity index (χ2v) is 14.4. The molecule has 1 saturated carbocycles. The van der Waals surface area contributed by atoms with Crippen molar-refractivity contribution in [1.82, 2.24) is 14.3 Å². The second-order valence-electron chi connectivity index (χ2n) is 11.4. The fourth-order valence-corrected chi connectivity index (χ4v) is 7.67. The molecule has 0 bridgehead atoms. The van der Waals surface area contributed by atoms with Crippen LogP contribution < -0.4 is 10.6 Å². The lowest BCUT2D eigenvalue weighted by Gasteiger charge is -2.40. The number of nitrogens with zero attached hydrogens (tertiary/aromatic N) is 3. The van der Waals surface area contributed by atoms with Crippen LogP contribution in [0.3, 0.4) is 0 Å². The number of carboxylic acids is 1. The van der Waals surface area contributed by atoms with Crippen LogP contribution in [0, 0.1) is 11.8 Å². The zero-order chi connectivity index (χ0) is 27.8. The summed E-state index contributed by atoms with van der Waals surface area (Å²) in [4.78, 5) is 46.1. The van der Waals surface area contributed by atoms with Crippen LogP contribution in [-0.2, 0) is 20.2 Å². The molecule has 4 rings (SSSR count). The van der Waals surface area contributed by atoms with Crippen LogP contribution in [0.15, 0.2) is 28.2 Å². The Morgan fingerprint density at radius 2 is 1.76 bits per heavy atom. The van der Waals surface area contributed by atoms with Gasteiger partial charge in [-0.2, -0.15) is 4.31 Å². The summed E-state index contributed by atoms with van der Waals surface area (Å²) in [5.74, 6) is -0.753. The van der Waals surface area contributed by atoms with Crippen LogP contribution in [0.2, 0.25) is 0 Å². The monoisotopic (exact) mass is 564 g/mol. The molecule has 1 amide bonds. The topological polar surface area (TPSA) is 141 Å². The lowest BCUT2D eigenvalue weighted by atomic mass is 9.82. The molecule has 1 saturated heterocycles. The molecule has 2 N–H and O–H groups in total. The van der Waals surface area contributed by atoms with E-state index >= 15 is 0 Å². The molecule has 2 aromatic rings. The number of carbonyl (C=O) groups excluding carboxylic acids is 1. The molecular formula is C26H36N4O6S2. The molecule has 0 radical (unpaired) electrons. The number of thiophene rings is 1. The third kappa shape index (κ3) is 5.86. The van der Waals surface area contributed by atoms with Gasteiger partial charge in [0.15, 0.2) is 0 Å². The number of aromatic nitrogens is 2. The van der Waals surface area contributed by atoms with Crippen molar-refractivity contribution in [3.05, 3.63) is 38.7 Å². The Morgan fingerprint density at radius 1 is 1.13 bits per heavy atom. The fourth-order valence-electron chi connectivity index (χ4n) is 5.24. The molecule has 2 aliphatic rings. The van der Waals surface area contributed by atoms with Gasteiger partial charge in [-0.15, -0.1) is 11.3 Å². The minimum absolute atomic E-state index is 0.0659. The summed E-state index contributed by atoms with van der Waals surface area (Å²) >= 11 is 1.20. The van der Waals surface area contributed by atoms with Crippen molar-refractivity contribution in [1.29, 1.82) is 0 Å². The van der Waals surface area contributed by atoms with Crippen molar-refractivity contribution < 1.29 is 23.1 Å². The largest absolute Gasteiger partial charge is 0.477 e. The highest BCUT2D eigenvalue weighted by atomic mass is 32.2. The number of H-pyrrole nitrogens is 1. The summed E-state index contributed by atoms with van der Waals surface area (Å²) in [7, 11) is -3.87.